The van der Waals surface area contributed by atoms with Gasteiger partial charge in [0.15, 0.2) is 0 Å². The van der Waals surface area contributed by atoms with Crippen LogP contribution >= 0.6 is 0 Å². The summed E-state index contributed by atoms with van der Waals surface area (Å²) < 4.78 is 0. The number of anilines is 2. The van der Waals surface area contributed by atoms with Gasteiger partial charge in [-0.2, -0.15) is 0 Å². The number of nitrogens with two attached hydrogens (primary N) is 1. The molecule has 0 unspecified atom stereocenters. The Balaban J connectivity index is 2.24. The Labute approximate surface area is 94.8 Å². The van der Waals surface area contributed by atoms with Crippen LogP contribution in [-0.2, 0) is 6.54 Å². The van der Waals surface area contributed by atoms with Crippen LogP contribution < -0.4 is 10.6 Å². The maximum absolute atomic E-state index is 5.55. The van der Waals surface area contributed by atoms with E-state index in [-0.39, 0.29) is 0 Å². The van der Waals surface area contributed by atoms with E-state index in [4.69, 9.17) is 5.73 Å². The molecule has 4 heteroatoms. The van der Waals surface area contributed by atoms with Gasteiger partial charge in [0, 0.05) is 25.5 Å². The standard InChI is InChI=1S/C12H14N4/c1-16(12-6-7-14-9-15-12)11-4-2-10(8-13)3-5-11/h2-7,9H,8,13H2,1H3. The van der Waals surface area contributed by atoms with Crippen molar-refractivity contribution >= 4 is 11.5 Å². The van der Waals surface area contributed by atoms with E-state index in [1.165, 1.54) is 0 Å². The topological polar surface area (TPSA) is 55.0 Å². The lowest BCUT2D eigenvalue weighted by Crippen LogP contribution is -2.11. The van der Waals surface area contributed by atoms with E-state index < -0.39 is 0 Å². The van der Waals surface area contributed by atoms with Gasteiger partial charge in [-0.25, -0.2) is 9.97 Å². The molecule has 16 heavy (non-hydrogen) atoms. The molecule has 2 N–H and O–H groups in total. The first kappa shape index (κ1) is 10.6. The molecule has 0 aliphatic carbocycles. The molecule has 4 nitrogen and oxygen atoms in total. The van der Waals surface area contributed by atoms with Crippen LogP contribution in [0, 0.1) is 0 Å². The summed E-state index contributed by atoms with van der Waals surface area (Å²) in [6.45, 7) is 0.567. The van der Waals surface area contributed by atoms with Gasteiger partial charge >= 0.3 is 0 Å². The van der Waals surface area contributed by atoms with Crippen LogP contribution in [0.2, 0.25) is 0 Å². The molecule has 0 spiro atoms. The summed E-state index contributed by atoms with van der Waals surface area (Å²) in [4.78, 5) is 10.1. The van der Waals surface area contributed by atoms with E-state index in [1.807, 2.05) is 42.3 Å². The van der Waals surface area contributed by atoms with E-state index in [1.54, 1.807) is 12.5 Å². The predicted molar refractivity (Wildman–Crippen MR) is 64.4 cm³/mol. The first-order chi connectivity index (χ1) is 7.81. The smallest absolute Gasteiger partial charge is 0.136 e. The molecule has 0 saturated heterocycles. The number of nitrogens with zero attached hydrogens (tertiary/aromatic N) is 3. The highest BCUT2D eigenvalue weighted by Gasteiger charge is 2.03. The summed E-state index contributed by atoms with van der Waals surface area (Å²) in [5.41, 5.74) is 7.76. The molecule has 82 valence electrons. The van der Waals surface area contributed by atoms with Gasteiger partial charge in [-0.3, -0.25) is 0 Å². The van der Waals surface area contributed by atoms with Gasteiger partial charge in [0.2, 0.25) is 0 Å². The van der Waals surface area contributed by atoms with Crippen molar-refractivity contribution in [2.75, 3.05) is 11.9 Å². The number of hydrogen-bond acceptors (Lipinski definition) is 4. The molecular formula is C12H14N4. The molecule has 1 aromatic heterocycles. The molecule has 0 aliphatic heterocycles. The molecule has 0 amide bonds. The third kappa shape index (κ3) is 2.17. The molecule has 2 rings (SSSR count). The van der Waals surface area contributed by atoms with Crippen molar-refractivity contribution in [1.29, 1.82) is 0 Å². The Morgan fingerprint density at radius 1 is 1.19 bits per heavy atom. The van der Waals surface area contributed by atoms with Crippen LogP contribution in [0.3, 0.4) is 0 Å². The molecule has 0 atom stereocenters. The normalized spacial score (nSPS) is 10.1. The number of hydrogen-bond donors (Lipinski definition) is 1. The van der Waals surface area contributed by atoms with Gasteiger partial charge in [-0.05, 0) is 23.8 Å². The van der Waals surface area contributed by atoms with Gasteiger partial charge in [-0.15, -0.1) is 0 Å². The van der Waals surface area contributed by atoms with E-state index in [2.05, 4.69) is 9.97 Å². The van der Waals surface area contributed by atoms with Crippen molar-refractivity contribution in [3.63, 3.8) is 0 Å². The van der Waals surface area contributed by atoms with Crippen LogP contribution in [0.25, 0.3) is 0 Å². The van der Waals surface area contributed by atoms with Crippen LogP contribution in [0.1, 0.15) is 5.56 Å². The summed E-state index contributed by atoms with van der Waals surface area (Å²) in [7, 11) is 1.97. The van der Waals surface area contributed by atoms with Crippen molar-refractivity contribution < 1.29 is 0 Å². The quantitative estimate of drug-likeness (QED) is 0.845. The average molecular weight is 214 g/mol. The highest BCUT2D eigenvalue weighted by molar-refractivity contribution is 5.58. The largest absolute Gasteiger partial charge is 0.329 e. The third-order valence-electron chi connectivity index (χ3n) is 2.47. The van der Waals surface area contributed by atoms with Crippen molar-refractivity contribution in [2.45, 2.75) is 6.54 Å². The predicted octanol–water partition coefficient (Wildman–Crippen LogP) is 1.70. The molecular weight excluding hydrogens is 200 g/mol. The summed E-state index contributed by atoms with van der Waals surface area (Å²) in [6, 6.07) is 9.98. The van der Waals surface area contributed by atoms with Crippen LogP contribution in [0.5, 0.6) is 0 Å². The van der Waals surface area contributed by atoms with E-state index in [0.29, 0.717) is 6.54 Å². The van der Waals surface area contributed by atoms with E-state index in [0.717, 1.165) is 17.1 Å². The van der Waals surface area contributed by atoms with E-state index in [9.17, 15) is 0 Å². The van der Waals surface area contributed by atoms with Crippen molar-refractivity contribution in [2.24, 2.45) is 5.73 Å². The SMILES string of the molecule is CN(c1ccc(CN)cc1)c1ccncn1. The zero-order valence-corrected chi connectivity index (χ0v) is 9.17. The van der Waals surface area contributed by atoms with Gasteiger partial charge < -0.3 is 10.6 Å². The van der Waals surface area contributed by atoms with Crippen LogP contribution in [0.15, 0.2) is 42.9 Å². The van der Waals surface area contributed by atoms with Gasteiger partial charge in [-0.1, -0.05) is 12.1 Å². The highest BCUT2D eigenvalue weighted by Crippen LogP contribution is 2.20. The van der Waals surface area contributed by atoms with E-state index >= 15 is 0 Å². The van der Waals surface area contributed by atoms with Gasteiger partial charge in [0.05, 0.1) is 0 Å². The minimum absolute atomic E-state index is 0.567. The van der Waals surface area contributed by atoms with Crippen LogP contribution in [-0.4, -0.2) is 17.0 Å². The fourth-order valence-corrected chi connectivity index (χ4v) is 1.47. The maximum Gasteiger partial charge on any atom is 0.136 e. The Morgan fingerprint density at radius 3 is 2.50 bits per heavy atom. The third-order valence-corrected chi connectivity index (χ3v) is 2.47. The molecule has 0 radical (unpaired) electrons. The second-order valence-corrected chi connectivity index (χ2v) is 3.50. The fourth-order valence-electron chi connectivity index (χ4n) is 1.47. The highest BCUT2D eigenvalue weighted by atomic mass is 15.2. The first-order valence-electron chi connectivity index (χ1n) is 5.10. The Hall–Kier alpha value is -1.94. The van der Waals surface area contributed by atoms with Gasteiger partial charge in [0.25, 0.3) is 0 Å². The average Bonchev–Trinajstić information content (AvgIpc) is 2.39. The summed E-state index contributed by atoms with van der Waals surface area (Å²) in [5, 5.41) is 0. The lowest BCUT2D eigenvalue weighted by atomic mass is 10.2. The van der Waals surface area contributed by atoms with Crippen molar-refractivity contribution in [3.8, 4) is 0 Å². The Morgan fingerprint density at radius 2 is 1.94 bits per heavy atom. The second-order valence-electron chi connectivity index (χ2n) is 3.50. The van der Waals surface area contributed by atoms with Gasteiger partial charge in [0.1, 0.15) is 12.1 Å². The Kier molecular flexibility index (Phi) is 3.12. The fraction of sp³-hybridized carbons (Fsp3) is 0.167. The lowest BCUT2D eigenvalue weighted by molar-refractivity contribution is 1.06. The summed E-state index contributed by atoms with van der Waals surface area (Å²) in [6.07, 6.45) is 3.27. The molecule has 2 aromatic rings. The lowest BCUT2D eigenvalue weighted by Gasteiger charge is -2.17. The zero-order valence-electron chi connectivity index (χ0n) is 9.17. The minimum Gasteiger partial charge on any atom is -0.329 e. The minimum atomic E-state index is 0.567. The molecule has 1 heterocycles. The van der Waals surface area contributed by atoms with Crippen molar-refractivity contribution in [1.82, 2.24) is 9.97 Å². The first-order valence-corrected chi connectivity index (χ1v) is 5.10. The molecule has 0 fully saturated rings. The maximum atomic E-state index is 5.55. The second kappa shape index (κ2) is 4.72. The monoisotopic (exact) mass is 214 g/mol. The summed E-state index contributed by atoms with van der Waals surface area (Å²) in [5.74, 6) is 0.871. The van der Waals surface area contributed by atoms with Crippen molar-refractivity contribution in [3.05, 3.63) is 48.4 Å². The summed E-state index contributed by atoms with van der Waals surface area (Å²) >= 11 is 0. The molecule has 0 aliphatic rings. The zero-order chi connectivity index (χ0) is 11.4. The van der Waals surface area contributed by atoms with Crippen LogP contribution in [0.4, 0.5) is 11.5 Å². The number of aromatic nitrogens is 2. The molecule has 0 saturated carbocycles. The molecule has 1 aromatic carbocycles. The molecule has 0 bridgehead atoms. The number of benzene rings is 1. The Bertz CT molecular complexity index is 438. The number of rotatable bonds is 3.